The monoisotopic (exact) mass is 247 g/mol. The van der Waals surface area contributed by atoms with Crippen LogP contribution in [0.3, 0.4) is 0 Å². The number of hydrogen-bond acceptors (Lipinski definition) is 2. The summed E-state index contributed by atoms with van der Waals surface area (Å²) >= 11 is 0. The molecule has 1 heterocycles. The summed E-state index contributed by atoms with van der Waals surface area (Å²) in [4.78, 5) is 23.9. The minimum Gasteiger partial charge on any atom is -0.352 e. The van der Waals surface area contributed by atoms with Crippen LogP contribution < -0.4 is 5.32 Å². The van der Waals surface area contributed by atoms with E-state index < -0.39 is 0 Å². The van der Waals surface area contributed by atoms with Crippen molar-refractivity contribution in [1.29, 1.82) is 0 Å². The fourth-order valence-corrected chi connectivity index (χ4v) is 2.87. The Balaban J connectivity index is 2.21. The van der Waals surface area contributed by atoms with Gasteiger partial charge in [-0.15, -0.1) is 0 Å². The molecule has 3 atom stereocenters. The number of amides is 1. The van der Waals surface area contributed by atoms with Gasteiger partial charge in [0.05, 0.1) is 0 Å². The SMILES string of the molecule is C/C=C1/CC2NC(=O)C(C(C)C)CC2C=CC1=O. The molecule has 1 fully saturated rings. The highest BCUT2D eigenvalue weighted by Crippen LogP contribution is 2.32. The third-order valence-electron chi connectivity index (χ3n) is 4.11. The first kappa shape index (κ1) is 13.1. The first-order valence-electron chi connectivity index (χ1n) is 6.71. The molecule has 0 aromatic rings. The number of ketones is 1. The van der Waals surface area contributed by atoms with Gasteiger partial charge in [-0.2, -0.15) is 0 Å². The Morgan fingerprint density at radius 2 is 2.11 bits per heavy atom. The normalized spacial score (nSPS) is 34.4. The number of nitrogens with one attached hydrogen (secondary N) is 1. The van der Waals surface area contributed by atoms with Crippen LogP contribution in [-0.4, -0.2) is 17.7 Å². The maximum atomic E-state index is 12.0. The van der Waals surface area contributed by atoms with Crippen molar-refractivity contribution in [2.24, 2.45) is 17.8 Å². The van der Waals surface area contributed by atoms with Gasteiger partial charge in [-0.3, -0.25) is 9.59 Å². The van der Waals surface area contributed by atoms with E-state index in [1.165, 1.54) is 0 Å². The van der Waals surface area contributed by atoms with Gasteiger partial charge < -0.3 is 5.32 Å². The Morgan fingerprint density at radius 1 is 1.39 bits per heavy atom. The van der Waals surface area contributed by atoms with Crippen molar-refractivity contribution in [3.63, 3.8) is 0 Å². The van der Waals surface area contributed by atoms with Crippen molar-refractivity contribution < 1.29 is 9.59 Å². The lowest BCUT2D eigenvalue weighted by Gasteiger charge is -2.36. The molecule has 0 aromatic heterocycles. The van der Waals surface area contributed by atoms with Crippen LogP contribution in [0.25, 0.3) is 0 Å². The maximum Gasteiger partial charge on any atom is 0.223 e. The lowest BCUT2D eigenvalue weighted by atomic mass is 9.78. The smallest absolute Gasteiger partial charge is 0.223 e. The van der Waals surface area contributed by atoms with Crippen LogP contribution in [0.5, 0.6) is 0 Å². The standard InChI is InChI=1S/C15H21NO2/c1-4-10-8-13-11(5-6-14(10)17)7-12(9(2)3)15(18)16-13/h4-6,9,11-13H,7-8H2,1-3H3,(H,16,18)/b10-4-. The third-order valence-corrected chi connectivity index (χ3v) is 4.11. The molecule has 0 radical (unpaired) electrons. The van der Waals surface area contributed by atoms with Crippen molar-refractivity contribution in [2.45, 2.75) is 39.7 Å². The van der Waals surface area contributed by atoms with Crippen molar-refractivity contribution in [3.8, 4) is 0 Å². The van der Waals surface area contributed by atoms with Gasteiger partial charge >= 0.3 is 0 Å². The molecular weight excluding hydrogens is 226 g/mol. The fraction of sp³-hybridized carbons (Fsp3) is 0.600. The van der Waals surface area contributed by atoms with Crippen molar-refractivity contribution in [3.05, 3.63) is 23.8 Å². The molecule has 98 valence electrons. The van der Waals surface area contributed by atoms with Gasteiger partial charge in [-0.1, -0.05) is 26.0 Å². The molecule has 0 bridgehead atoms. The number of fused-ring (bicyclic) bond motifs is 1. The zero-order chi connectivity index (χ0) is 13.3. The average molecular weight is 247 g/mol. The number of carbonyl (C=O) groups excluding carboxylic acids is 2. The van der Waals surface area contributed by atoms with Gasteiger partial charge in [0.25, 0.3) is 0 Å². The van der Waals surface area contributed by atoms with E-state index >= 15 is 0 Å². The summed E-state index contributed by atoms with van der Waals surface area (Å²) in [6.07, 6.45) is 7.03. The summed E-state index contributed by atoms with van der Waals surface area (Å²) in [5.41, 5.74) is 0.807. The van der Waals surface area contributed by atoms with Crippen LogP contribution in [0, 0.1) is 17.8 Å². The van der Waals surface area contributed by atoms with Crippen molar-refractivity contribution in [2.75, 3.05) is 0 Å². The van der Waals surface area contributed by atoms with Crippen LogP contribution in [0.1, 0.15) is 33.6 Å². The van der Waals surface area contributed by atoms with E-state index in [0.29, 0.717) is 12.3 Å². The predicted molar refractivity (Wildman–Crippen MR) is 70.9 cm³/mol. The second kappa shape index (κ2) is 5.09. The molecule has 1 aliphatic heterocycles. The summed E-state index contributed by atoms with van der Waals surface area (Å²) in [5.74, 6) is 0.931. The minimum absolute atomic E-state index is 0.0677. The molecule has 2 aliphatic rings. The largest absolute Gasteiger partial charge is 0.352 e. The molecule has 0 saturated carbocycles. The molecule has 18 heavy (non-hydrogen) atoms. The van der Waals surface area contributed by atoms with E-state index in [9.17, 15) is 9.59 Å². The Kier molecular flexibility index (Phi) is 3.69. The van der Waals surface area contributed by atoms with Crippen LogP contribution in [-0.2, 0) is 9.59 Å². The number of piperidine rings is 1. The van der Waals surface area contributed by atoms with Gasteiger partial charge in [0.2, 0.25) is 5.91 Å². The first-order chi connectivity index (χ1) is 8.52. The van der Waals surface area contributed by atoms with Crippen molar-refractivity contribution in [1.82, 2.24) is 5.32 Å². The zero-order valence-electron chi connectivity index (χ0n) is 11.3. The molecule has 3 nitrogen and oxygen atoms in total. The topological polar surface area (TPSA) is 46.2 Å². The molecule has 3 heteroatoms. The highest BCUT2D eigenvalue weighted by atomic mass is 16.2. The molecule has 1 aliphatic carbocycles. The summed E-state index contributed by atoms with van der Waals surface area (Å²) in [7, 11) is 0. The van der Waals surface area contributed by atoms with Gasteiger partial charge in [0, 0.05) is 12.0 Å². The number of allylic oxidation sites excluding steroid dienone is 2. The zero-order valence-corrected chi connectivity index (χ0v) is 11.3. The molecule has 0 spiro atoms. The Labute approximate surface area is 108 Å². The number of rotatable bonds is 1. The summed E-state index contributed by atoms with van der Waals surface area (Å²) in [6.45, 7) is 6.03. The predicted octanol–water partition coefficient (Wildman–Crippen LogP) is 2.24. The van der Waals surface area contributed by atoms with E-state index in [1.807, 2.05) is 19.1 Å². The molecule has 3 unspecified atom stereocenters. The number of carbonyl (C=O) groups is 2. The number of hydrogen-bond donors (Lipinski definition) is 1. The minimum atomic E-state index is 0.0677. The van der Waals surface area contributed by atoms with E-state index in [1.54, 1.807) is 6.08 Å². The van der Waals surface area contributed by atoms with E-state index in [-0.39, 0.29) is 29.6 Å². The van der Waals surface area contributed by atoms with Crippen molar-refractivity contribution >= 4 is 11.7 Å². The van der Waals surface area contributed by atoms with Crippen LogP contribution in [0.2, 0.25) is 0 Å². The lowest BCUT2D eigenvalue weighted by molar-refractivity contribution is -0.130. The molecule has 1 N–H and O–H groups in total. The Hall–Kier alpha value is -1.38. The molecule has 1 amide bonds. The summed E-state index contributed by atoms with van der Waals surface area (Å²) < 4.78 is 0. The molecule has 1 saturated heterocycles. The highest BCUT2D eigenvalue weighted by Gasteiger charge is 2.37. The van der Waals surface area contributed by atoms with E-state index in [2.05, 4.69) is 19.2 Å². The van der Waals surface area contributed by atoms with E-state index in [4.69, 9.17) is 0 Å². The molecule has 2 rings (SSSR count). The maximum absolute atomic E-state index is 12.0. The van der Waals surface area contributed by atoms with E-state index in [0.717, 1.165) is 12.0 Å². The van der Waals surface area contributed by atoms with Gasteiger partial charge in [-0.25, -0.2) is 0 Å². The van der Waals surface area contributed by atoms with Gasteiger partial charge in [-0.05, 0) is 43.3 Å². The molecular formula is C15H21NO2. The first-order valence-corrected chi connectivity index (χ1v) is 6.71. The lowest BCUT2D eigenvalue weighted by Crippen LogP contribution is -2.50. The Bertz CT molecular complexity index is 420. The van der Waals surface area contributed by atoms with Crippen LogP contribution in [0.4, 0.5) is 0 Å². The van der Waals surface area contributed by atoms with Gasteiger partial charge in [0.15, 0.2) is 5.78 Å². The highest BCUT2D eigenvalue weighted by molar-refractivity contribution is 6.04. The fourth-order valence-electron chi connectivity index (χ4n) is 2.87. The Morgan fingerprint density at radius 3 is 2.72 bits per heavy atom. The quantitative estimate of drug-likeness (QED) is 0.722. The average Bonchev–Trinajstić information content (AvgIpc) is 2.47. The second-order valence-corrected chi connectivity index (χ2v) is 5.61. The van der Waals surface area contributed by atoms with Gasteiger partial charge in [0.1, 0.15) is 0 Å². The second-order valence-electron chi connectivity index (χ2n) is 5.61. The van der Waals surface area contributed by atoms with Crippen LogP contribution >= 0.6 is 0 Å². The third kappa shape index (κ3) is 2.40. The summed E-state index contributed by atoms with van der Waals surface area (Å²) in [6, 6.07) is 0.0846. The summed E-state index contributed by atoms with van der Waals surface area (Å²) in [5, 5.41) is 3.09. The van der Waals surface area contributed by atoms with Crippen LogP contribution in [0.15, 0.2) is 23.8 Å². The molecule has 0 aromatic carbocycles.